The molecule has 3 aromatic carbocycles. The standard InChI is InChI=1S/C25H21ClN2O4/c26-22-13-6-4-9-19(22)17-31-23-14-7-5-12-21(23)25(30)32-18-24(29)28(16-8-15-27)20-10-2-1-3-11-20/h1-7,9-14H,8,16-18H2. The number of esters is 1. The maximum Gasteiger partial charge on any atom is 0.342 e. The summed E-state index contributed by atoms with van der Waals surface area (Å²) in [5.74, 6) is -0.773. The summed E-state index contributed by atoms with van der Waals surface area (Å²) in [6.07, 6.45) is 0.160. The van der Waals surface area contributed by atoms with E-state index in [2.05, 4.69) is 0 Å². The lowest BCUT2D eigenvalue weighted by Gasteiger charge is -2.21. The SMILES string of the molecule is N#CCCN(C(=O)COC(=O)c1ccccc1OCc1ccccc1Cl)c1ccccc1. The van der Waals surface area contributed by atoms with Crippen molar-refractivity contribution in [1.29, 1.82) is 5.26 Å². The van der Waals surface area contributed by atoms with Gasteiger partial charge in [0.05, 0.1) is 12.5 Å². The predicted molar refractivity (Wildman–Crippen MR) is 122 cm³/mol. The number of halogens is 1. The number of anilines is 1. The third-order valence-corrected chi connectivity index (χ3v) is 4.96. The molecule has 0 N–H and O–H groups in total. The maximum absolute atomic E-state index is 12.7. The van der Waals surface area contributed by atoms with Gasteiger partial charge in [0.2, 0.25) is 0 Å². The van der Waals surface area contributed by atoms with Crippen LogP contribution in [0.1, 0.15) is 22.3 Å². The Balaban J connectivity index is 1.66. The predicted octanol–water partition coefficient (Wildman–Crippen LogP) is 5.02. The zero-order valence-electron chi connectivity index (χ0n) is 17.2. The van der Waals surface area contributed by atoms with Crippen molar-refractivity contribution in [2.24, 2.45) is 0 Å². The summed E-state index contributed by atoms with van der Waals surface area (Å²) in [7, 11) is 0. The molecule has 32 heavy (non-hydrogen) atoms. The molecule has 0 unspecified atom stereocenters. The molecule has 0 spiro atoms. The Labute approximate surface area is 191 Å². The van der Waals surface area contributed by atoms with Crippen molar-refractivity contribution >= 4 is 29.2 Å². The average molecular weight is 449 g/mol. The molecule has 0 aromatic heterocycles. The Morgan fingerprint density at radius 3 is 2.38 bits per heavy atom. The van der Waals surface area contributed by atoms with Crippen LogP contribution in [0.4, 0.5) is 5.69 Å². The molecule has 3 rings (SSSR count). The van der Waals surface area contributed by atoms with Crippen molar-refractivity contribution in [1.82, 2.24) is 0 Å². The van der Waals surface area contributed by atoms with Gasteiger partial charge < -0.3 is 14.4 Å². The molecular weight excluding hydrogens is 428 g/mol. The van der Waals surface area contributed by atoms with Crippen LogP contribution in [0.25, 0.3) is 0 Å². The number of nitrogens with zero attached hydrogens (tertiary/aromatic N) is 2. The molecule has 0 fully saturated rings. The first-order valence-corrected chi connectivity index (χ1v) is 10.3. The number of carbonyl (C=O) groups excluding carboxylic acids is 2. The molecule has 3 aromatic rings. The lowest BCUT2D eigenvalue weighted by atomic mass is 10.2. The fourth-order valence-corrected chi connectivity index (χ4v) is 3.17. The van der Waals surface area contributed by atoms with E-state index < -0.39 is 18.5 Å². The molecular formula is C25H21ClN2O4. The fourth-order valence-electron chi connectivity index (χ4n) is 2.98. The third kappa shape index (κ3) is 6.10. The molecule has 0 aliphatic carbocycles. The minimum atomic E-state index is -0.679. The van der Waals surface area contributed by atoms with E-state index >= 15 is 0 Å². The van der Waals surface area contributed by atoms with Gasteiger partial charge in [-0.1, -0.05) is 60.1 Å². The number of hydrogen-bond acceptors (Lipinski definition) is 5. The highest BCUT2D eigenvalue weighted by atomic mass is 35.5. The van der Waals surface area contributed by atoms with Crippen LogP contribution in [0.15, 0.2) is 78.9 Å². The summed E-state index contributed by atoms with van der Waals surface area (Å²) >= 11 is 6.16. The van der Waals surface area contributed by atoms with Gasteiger partial charge in [0.1, 0.15) is 17.9 Å². The van der Waals surface area contributed by atoms with Crippen LogP contribution < -0.4 is 9.64 Å². The lowest BCUT2D eigenvalue weighted by molar-refractivity contribution is -0.121. The molecule has 0 saturated carbocycles. The Morgan fingerprint density at radius 1 is 0.938 bits per heavy atom. The number of hydrogen-bond donors (Lipinski definition) is 0. The number of para-hydroxylation sites is 2. The average Bonchev–Trinajstić information content (AvgIpc) is 2.83. The van der Waals surface area contributed by atoms with Crippen LogP contribution in [0.2, 0.25) is 5.02 Å². The molecule has 0 bridgehead atoms. The van der Waals surface area contributed by atoms with Gasteiger partial charge in [-0.3, -0.25) is 4.79 Å². The van der Waals surface area contributed by atoms with E-state index in [0.29, 0.717) is 16.5 Å². The zero-order chi connectivity index (χ0) is 22.8. The summed E-state index contributed by atoms with van der Waals surface area (Å²) in [4.78, 5) is 26.8. The highest BCUT2D eigenvalue weighted by Gasteiger charge is 2.20. The van der Waals surface area contributed by atoms with Crippen LogP contribution in [-0.4, -0.2) is 25.0 Å². The highest BCUT2D eigenvalue weighted by Crippen LogP contribution is 2.23. The van der Waals surface area contributed by atoms with Crippen LogP contribution in [-0.2, 0) is 16.1 Å². The number of nitriles is 1. The quantitative estimate of drug-likeness (QED) is 0.429. The second kappa shape index (κ2) is 11.5. The number of benzene rings is 3. The van der Waals surface area contributed by atoms with E-state index in [1.807, 2.05) is 30.3 Å². The molecule has 0 aliphatic heterocycles. The molecule has 0 atom stereocenters. The van der Waals surface area contributed by atoms with Gasteiger partial charge in [-0.05, 0) is 30.3 Å². The summed E-state index contributed by atoms with van der Waals surface area (Å²) in [6.45, 7) is -0.0781. The Hall–Kier alpha value is -3.82. The van der Waals surface area contributed by atoms with Gasteiger partial charge >= 0.3 is 5.97 Å². The molecule has 6 nitrogen and oxygen atoms in total. The van der Waals surface area contributed by atoms with Crippen molar-refractivity contribution in [3.05, 3.63) is 95.0 Å². The topological polar surface area (TPSA) is 79.6 Å². The zero-order valence-corrected chi connectivity index (χ0v) is 18.0. The van der Waals surface area contributed by atoms with Gasteiger partial charge in [-0.15, -0.1) is 0 Å². The van der Waals surface area contributed by atoms with E-state index in [1.165, 1.54) is 4.90 Å². The molecule has 1 amide bonds. The van der Waals surface area contributed by atoms with E-state index in [9.17, 15) is 9.59 Å². The molecule has 0 heterocycles. The number of amides is 1. The second-order valence-electron chi connectivity index (χ2n) is 6.74. The normalized spacial score (nSPS) is 10.1. The van der Waals surface area contributed by atoms with Crippen molar-refractivity contribution in [3.8, 4) is 11.8 Å². The van der Waals surface area contributed by atoms with Crippen molar-refractivity contribution in [2.75, 3.05) is 18.1 Å². The smallest absolute Gasteiger partial charge is 0.342 e. The third-order valence-electron chi connectivity index (χ3n) is 4.59. The molecule has 162 valence electrons. The van der Waals surface area contributed by atoms with Gasteiger partial charge in [-0.2, -0.15) is 5.26 Å². The minimum absolute atomic E-state index is 0.160. The molecule has 7 heteroatoms. The highest BCUT2D eigenvalue weighted by molar-refractivity contribution is 6.31. The lowest BCUT2D eigenvalue weighted by Crippen LogP contribution is -2.35. The van der Waals surface area contributed by atoms with Gasteiger partial charge in [0.15, 0.2) is 6.61 Å². The van der Waals surface area contributed by atoms with E-state index in [1.54, 1.807) is 54.6 Å². The van der Waals surface area contributed by atoms with Gasteiger partial charge in [-0.25, -0.2) is 4.79 Å². The van der Waals surface area contributed by atoms with Crippen LogP contribution in [0, 0.1) is 11.3 Å². The Kier molecular flexibility index (Phi) is 8.24. The summed E-state index contributed by atoms with van der Waals surface area (Å²) in [6, 6.07) is 24.9. The number of ether oxygens (including phenoxy) is 2. The maximum atomic E-state index is 12.7. The van der Waals surface area contributed by atoms with E-state index in [4.69, 9.17) is 26.3 Å². The molecule has 0 saturated heterocycles. The first-order valence-electron chi connectivity index (χ1n) is 9.95. The molecule has 0 aliphatic rings. The van der Waals surface area contributed by atoms with E-state index in [0.717, 1.165) is 5.56 Å². The Bertz CT molecular complexity index is 1110. The molecule has 0 radical (unpaired) electrons. The van der Waals surface area contributed by atoms with Crippen molar-refractivity contribution < 1.29 is 19.1 Å². The summed E-state index contributed by atoms with van der Waals surface area (Å²) in [5.41, 5.74) is 1.62. The van der Waals surface area contributed by atoms with Crippen molar-refractivity contribution in [3.63, 3.8) is 0 Å². The van der Waals surface area contributed by atoms with Crippen LogP contribution in [0.5, 0.6) is 5.75 Å². The van der Waals surface area contributed by atoms with Crippen LogP contribution in [0.3, 0.4) is 0 Å². The summed E-state index contributed by atoms with van der Waals surface area (Å²) < 4.78 is 11.1. The monoisotopic (exact) mass is 448 g/mol. The van der Waals surface area contributed by atoms with Crippen LogP contribution >= 0.6 is 11.6 Å². The number of rotatable bonds is 9. The second-order valence-corrected chi connectivity index (χ2v) is 7.15. The van der Waals surface area contributed by atoms with Crippen molar-refractivity contribution in [2.45, 2.75) is 13.0 Å². The first kappa shape index (κ1) is 22.9. The largest absolute Gasteiger partial charge is 0.488 e. The van der Waals surface area contributed by atoms with E-state index in [-0.39, 0.29) is 25.1 Å². The minimum Gasteiger partial charge on any atom is -0.488 e. The van der Waals surface area contributed by atoms with Gasteiger partial charge in [0.25, 0.3) is 5.91 Å². The first-order chi connectivity index (χ1) is 15.6. The number of carbonyl (C=O) groups is 2. The fraction of sp³-hybridized carbons (Fsp3) is 0.160. The summed E-state index contributed by atoms with van der Waals surface area (Å²) in [5, 5.41) is 9.46. The Morgan fingerprint density at radius 2 is 1.62 bits per heavy atom. The van der Waals surface area contributed by atoms with Gasteiger partial charge in [0, 0.05) is 22.8 Å².